The Morgan fingerprint density at radius 1 is 1.12 bits per heavy atom. The molecule has 0 aliphatic rings. The van der Waals surface area contributed by atoms with E-state index >= 15 is 0 Å². The van der Waals surface area contributed by atoms with Gasteiger partial charge in [-0.15, -0.1) is 0 Å². The maximum absolute atomic E-state index is 12.3. The average molecular weight is 439 g/mol. The fraction of sp³-hybridized carbons (Fsp3) is 0.222. The lowest BCUT2D eigenvalue weighted by Gasteiger charge is -2.16. The smallest absolute Gasteiger partial charge is 0.339 e. The Kier molecular flexibility index (Phi) is 6.60. The van der Waals surface area contributed by atoms with Crippen molar-refractivity contribution in [3.05, 3.63) is 57.7 Å². The third-order valence-corrected chi connectivity index (χ3v) is 4.13. The summed E-state index contributed by atoms with van der Waals surface area (Å²) in [5, 5.41) is 2.72. The van der Waals surface area contributed by atoms with Gasteiger partial charge in [0.05, 0.1) is 17.9 Å². The lowest BCUT2D eigenvalue weighted by atomic mass is 10.2. The second-order valence-electron chi connectivity index (χ2n) is 4.95. The first-order valence-electron chi connectivity index (χ1n) is 7.51. The molecule has 0 saturated carbocycles. The van der Waals surface area contributed by atoms with Crippen LogP contribution in [-0.2, 0) is 9.53 Å². The molecule has 24 heavy (non-hydrogen) atoms. The fourth-order valence-corrected chi connectivity index (χ4v) is 2.60. The summed E-state index contributed by atoms with van der Waals surface area (Å²) in [6.45, 7) is 3.89. The van der Waals surface area contributed by atoms with Crippen molar-refractivity contribution in [3.63, 3.8) is 0 Å². The summed E-state index contributed by atoms with van der Waals surface area (Å²) in [4.78, 5) is 24.4. The first-order valence-corrected chi connectivity index (χ1v) is 8.59. The average Bonchev–Trinajstić information content (AvgIpc) is 2.57. The van der Waals surface area contributed by atoms with E-state index in [1.54, 1.807) is 36.4 Å². The van der Waals surface area contributed by atoms with Crippen LogP contribution in [0.5, 0.6) is 5.75 Å². The minimum absolute atomic E-state index is 0.415. The molecule has 2 aromatic carbocycles. The van der Waals surface area contributed by atoms with Crippen molar-refractivity contribution < 1.29 is 19.1 Å². The van der Waals surface area contributed by atoms with Crippen LogP contribution in [0, 0.1) is 3.57 Å². The van der Waals surface area contributed by atoms with Gasteiger partial charge in [-0.1, -0.05) is 24.3 Å². The first-order chi connectivity index (χ1) is 11.5. The second kappa shape index (κ2) is 8.68. The number of carbonyl (C=O) groups is 2. The number of anilines is 1. The summed E-state index contributed by atoms with van der Waals surface area (Å²) < 4.78 is 11.5. The predicted octanol–water partition coefficient (Wildman–Crippen LogP) is 3.87. The van der Waals surface area contributed by atoms with Gasteiger partial charge in [0, 0.05) is 3.57 Å². The Hall–Kier alpha value is -2.09. The molecular formula is C18H18INO4. The summed E-state index contributed by atoms with van der Waals surface area (Å²) in [6.07, 6.45) is -0.928. The van der Waals surface area contributed by atoms with E-state index in [1.165, 1.54) is 6.92 Å². The van der Waals surface area contributed by atoms with E-state index in [0.29, 0.717) is 23.6 Å². The van der Waals surface area contributed by atoms with E-state index in [-0.39, 0.29) is 0 Å². The maximum atomic E-state index is 12.3. The third kappa shape index (κ3) is 4.70. The number of ether oxygens (including phenoxy) is 2. The molecule has 0 radical (unpaired) electrons. The van der Waals surface area contributed by atoms with Gasteiger partial charge in [0.2, 0.25) is 0 Å². The van der Waals surface area contributed by atoms with Crippen molar-refractivity contribution in [2.24, 2.45) is 0 Å². The van der Waals surface area contributed by atoms with Gasteiger partial charge in [-0.05, 0) is 60.7 Å². The van der Waals surface area contributed by atoms with Crippen LogP contribution in [0.2, 0.25) is 0 Å². The van der Waals surface area contributed by atoms with E-state index in [1.807, 2.05) is 19.1 Å². The molecule has 1 N–H and O–H groups in total. The van der Waals surface area contributed by atoms with Crippen LogP contribution in [-0.4, -0.2) is 24.6 Å². The van der Waals surface area contributed by atoms with Gasteiger partial charge in [-0.2, -0.15) is 0 Å². The highest BCUT2D eigenvalue weighted by Gasteiger charge is 2.21. The Bertz CT molecular complexity index is 732. The standard InChI is InChI=1S/C18H18INO4/c1-3-23-16-11-7-6-10-15(16)20-17(21)12(2)24-18(22)13-8-4-5-9-14(13)19/h4-12H,3H2,1-2H3,(H,20,21). The van der Waals surface area contributed by atoms with E-state index in [9.17, 15) is 9.59 Å². The highest BCUT2D eigenvalue weighted by molar-refractivity contribution is 14.1. The summed E-state index contributed by atoms with van der Waals surface area (Å²) in [7, 11) is 0. The minimum Gasteiger partial charge on any atom is -0.492 e. The van der Waals surface area contributed by atoms with E-state index < -0.39 is 18.0 Å². The molecule has 0 saturated heterocycles. The first kappa shape index (κ1) is 18.3. The van der Waals surface area contributed by atoms with Crippen molar-refractivity contribution in [2.75, 3.05) is 11.9 Å². The van der Waals surface area contributed by atoms with Gasteiger partial charge < -0.3 is 14.8 Å². The molecule has 0 spiro atoms. The Morgan fingerprint density at radius 2 is 1.79 bits per heavy atom. The Morgan fingerprint density at radius 3 is 2.50 bits per heavy atom. The molecule has 6 heteroatoms. The number of rotatable bonds is 6. The second-order valence-corrected chi connectivity index (χ2v) is 6.11. The normalized spacial score (nSPS) is 11.5. The zero-order chi connectivity index (χ0) is 17.5. The molecule has 0 aliphatic carbocycles. The van der Waals surface area contributed by atoms with Gasteiger partial charge in [0.1, 0.15) is 5.75 Å². The molecule has 0 aromatic heterocycles. The maximum Gasteiger partial charge on any atom is 0.339 e. The van der Waals surface area contributed by atoms with Gasteiger partial charge in [0.15, 0.2) is 6.10 Å². The van der Waals surface area contributed by atoms with Gasteiger partial charge >= 0.3 is 5.97 Å². The molecule has 126 valence electrons. The molecule has 1 amide bonds. The molecule has 1 atom stereocenters. The molecule has 1 unspecified atom stereocenters. The number of carbonyl (C=O) groups excluding carboxylic acids is 2. The quantitative estimate of drug-likeness (QED) is 0.549. The third-order valence-electron chi connectivity index (χ3n) is 3.19. The van der Waals surface area contributed by atoms with Crippen LogP contribution >= 0.6 is 22.6 Å². The molecule has 2 aromatic rings. The van der Waals surface area contributed by atoms with Gasteiger partial charge in [0.25, 0.3) is 5.91 Å². The van der Waals surface area contributed by atoms with Crippen molar-refractivity contribution >= 4 is 40.2 Å². The van der Waals surface area contributed by atoms with Crippen LogP contribution < -0.4 is 10.1 Å². The number of halogens is 1. The Labute approximate surface area is 154 Å². The molecule has 0 aliphatic heterocycles. The van der Waals surface area contributed by atoms with Crippen LogP contribution in [0.4, 0.5) is 5.69 Å². The van der Waals surface area contributed by atoms with E-state index in [2.05, 4.69) is 27.9 Å². The molecule has 0 bridgehead atoms. The SMILES string of the molecule is CCOc1ccccc1NC(=O)C(C)OC(=O)c1ccccc1I. The zero-order valence-electron chi connectivity index (χ0n) is 13.4. The monoisotopic (exact) mass is 439 g/mol. The number of esters is 1. The van der Waals surface area contributed by atoms with Gasteiger partial charge in [-0.3, -0.25) is 4.79 Å². The largest absolute Gasteiger partial charge is 0.492 e. The van der Waals surface area contributed by atoms with Crippen LogP contribution in [0.15, 0.2) is 48.5 Å². The Balaban J connectivity index is 2.03. The molecule has 5 nitrogen and oxygen atoms in total. The highest BCUT2D eigenvalue weighted by Crippen LogP contribution is 2.24. The predicted molar refractivity (Wildman–Crippen MR) is 100 cm³/mol. The summed E-state index contributed by atoms with van der Waals surface area (Å²) in [5.74, 6) is -0.369. The number of hydrogen-bond acceptors (Lipinski definition) is 4. The number of amides is 1. The summed E-state index contributed by atoms with van der Waals surface area (Å²) in [5.41, 5.74) is 0.981. The molecule has 0 fully saturated rings. The summed E-state index contributed by atoms with van der Waals surface area (Å²) in [6, 6.07) is 14.2. The van der Waals surface area contributed by atoms with Crippen molar-refractivity contribution in [1.29, 1.82) is 0 Å². The molecule has 0 heterocycles. The number of benzene rings is 2. The topological polar surface area (TPSA) is 64.6 Å². The van der Waals surface area contributed by atoms with E-state index in [4.69, 9.17) is 9.47 Å². The van der Waals surface area contributed by atoms with Crippen molar-refractivity contribution in [3.8, 4) is 5.75 Å². The fourth-order valence-electron chi connectivity index (χ4n) is 1.99. The molecular weight excluding hydrogens is 421 g/mol. The van der Waals surface area contributed by atoms with Crippen molar-refractivity contribution in [2.45, 2.75) is 20.0 Å². The van der Waals surface area contributed by atoms with Crippen molar-refractivity contribution in [1.82, 2.24) is 0 Å². The van der Waals surface area contributed by atoms with Crippen LogP contribution in [0.3, 0.4) is 0 Å². The molecule has 2 rings (SSSR count). The zero-order valence-corrected chi connectivity index (χ0v) is 15.6. The number of para-hydroxylation sites is 2. The number of nitrogens with one attached hydrogen (secondary N) is 1. The van der Waals surface area contributed by atoms with E-state index in [0.717, 1.165) is 3.57 Å². The van der Waals surface area contributed by atoms with Gasteiger partial charge in [-0.25, -0.2) is 4.79 Å². The van der Waals surface area contributed by atoms with Crippen LogP contribution in [0.1, 0.15) is 24.2 Å². The number of hydrogen-bond donors (Lipinski definition) is 1. The van der Waals surface area contributed by atoms with Crippen LogP contribution in [0.25, 0.3) is 0 Å². The highest BCUT2D eigenvalue weighted by atomic mass is 127. The minimum atomic E-state index is -0.928. The lowest BCUT2D eigenvalue weighted by Crippen LogP contribution is -2.30. The summed E-state index contributed by atoms with van der Waals surface area (Å²) >= 11 is 2.05. The lowest BCUT2D eigenvalue weighted by molar-refractivity contribution is -0.123.